The Hall–Kier alpha value is -4.36. The molecule has 43 heavy (non-hydrogen) atoms. The van der Waals surface area contributed by atoms with Crippen molar-refractivity contribution in [3.05, 3.63) is 104 Å². The molecule has 0 radical (unpaired) electrons. The number of amides is 3. The van der Waals surface area contributed by atoms with Gasteiger partial charge in [0.15, 0.2) is 6.61 Å². The first-order valence-corrected chi connectivity index (χ1v) is 14.7. The molecule has 0 saturated carbocycles. The molecule has 2 aliphatic rings. The van der Waals surface area contributed by atoms with Crippen molar-refractivity contribution in [2.45, 2.75) is 29.3 Å². The molecule has 2 N–H and O–H groups in total. The van der Waals surface area contributed by atoms with Crippen molar-refractivity contribution in [1.29, 1.82) is 0 Å². The van der Waals surface area contributed by atoms with Crippen molar-refractivity contribution < 1.29 is 32.3 Å². The number of anilines is 2. The van der Waals surface area contributed by atoms with Gasteiger partial charge in [0.2, 0.25) is 11.8 Å². The summed E-state index contributed by atoms with van der Waals surface area (Å²) in [6.07, 6.45) is -4.78. The Morgan fingerprint density at radius 2 is 1.67 bits per heavy atom. The average Bonchev–Trinajstić information content (AvgIpc) is 3.47. The molecule has 0 spiro atoms. The molecule has 0 aliphatic carbocycles. The second-order valence-corrected chi connectivity index (χ2v) is 12.2. The van der Waals surface area contributed by atoms with Crippen molar-refractivity contribution in [3.8, 4) is 5.75 Å². The van der Waals surface area contributed by atoms with Crippen LogP contribution in [0.5, 0.6) is 5.75 Å². The van der Waals surface area contributed by atoms with Crippen LogP contribution in [0.3, 0.4) is 0 Å². The van der Waals surface area contributed by atoms with E-state index in [1.807, 2.05) is 19.1 Å². The number of nitrogens with zero attached hydrogens (tertiary/aromatic N) is 1. The number of thiazole rings is 1. The molecule has 13 heteroatoms. The Kier molecular flexibility index (Phi) is 7.38. The molecule has 3 heterocycles. The van der Waals surface area contributed by atoms with E-state index in [1.54, 1.807) is 36.4 Å². The maximum absolute atomic E-state index is 13.8. The molecular weight excluding hydrogens is 603 g/mol. The number of aromatic nitrogens is 1. The molecule has 2 unspecified atom stereocenters. The highest BCUT2D eigenvalue weighted by atomic mass is 32.2. The zero-order valence-electron chi connectivity index (χ0n) is 22.3. The van der Waals surface area contributed by atoms with E-state index in [0.29, 0.717) is 31.8 Å². The first-order valence-electron chi connectivity index (χ1n) is 13.0. The van der Waals surface area contributed by atoms with Gasteiger partial charge in [0.1, 0.15) is 11.0 Å². The monoisotopic (exact) mass is 625 g/mol. The predicted molar refractivity (Wildman–Crippen MR) is 156 cm³/mol. The van der Waals surface area contributed by atoms with Gasteiger partial charge in [-0.2, -0.15) is 13.2 Å². The summed E-state index contributed by atoms with van der Waals surface area (Å²) in [5.41, 5.74) is 0.633. The molecule has 4 aromatic rings. The Balaban J connectivity index is 1.27. The minimum atomic E-state index is -4.78. The summed E-state index contributed by atoms with van der Waals surface area (Å²) >= 11 is 1.87. The van der Waals surface area contributed by atoms with E-state index in [1.165, 1.54) is 12.1 Å². The number of nitrogens with one attached hydrogen (secondary N) is 2. The van der Waals surface area contributed by atoms with Gasteiger partial charge in [-0.15, -0.1) is 0 Å². The maximum Gasteiger partial charge on any atom is 0.418 e. The van der Waals surface area contributed by atoms with E-state index in [0.717, 1.165) is 40.8 Å². The molecule has 3 atom stereocenters. The fraction of sp³-hybridized carbons (Fsp3) is 0.200. The van der Waals surface area contributed by atoms with Crippen LogP contribution in [-0.2, 0) is 20.6 Å². The van der Waals surface area contributed by atoms with Crippen molar-refractivity contribution in [2.75, 3.05) is 16.8 Å². The number of para-hydroxylation sites is 1. The number of aromatic amines is 1. The van der Waals surface area contributed by atoms with Crippen LogP contribution in [0.15, 0.2) is 82.6 Å². The molecule has 8 nitrogen and oxygen atoms in total. The highest BCUT2D eigenvalue weighted by molar-refractivity contribution is 8.00. The summed E-state index contributed by atoms with van der Waals surface area (Å²) in [5, 5.41) is 2.10. The van der Waals surface area contributed by atoms with E-state index in [9.17, 15) is 32.3 Å². The number of H-pyrrole nitrogens is 1. The first-order chi connectivity index (χ1) is 20.5. The molecule has 1 aromatic heterocycles. The lowest BCUT2D eigenvalue weighted by Crippen LogP contribution is -2.33. The molecule has 2 aliphatic heterocycles. The summed E-state index contributed by atoms with van der Waals surface area (Å²) in [4.78, 5) is 55.5. The van der Waals surface area contributed by atoms with E-state index in [-0.39, 0.29) is 17.4 Å². The van der Waals surface area contributed by atoms with Gasteiger partial charge in [0.05, 0.1) is 22.2 Å². The van der Waals surface area contributed by atoms with E-state index >= 15 is 0 Å². The average molecular weight is 626 g/mol. The highest BCUT2D eigenvalue weighted by Gasteiger charge is 2.57. The smallest absolute Gasteiger partial charge is 0.418 e. The van der Waals surface area contributed by atoms with E-state index in [2.05, 4.69) is 10.3 Å². The van der Waals surface area contributed by atoms with Crippen LogP contribution in [0.2, 0.25) is 0 Å². The molecule has 1 saturated heterocycles. The lowest BCUT2D eigenvalue weighted by Gasteiger charge is -2.29. The Morgan fingerprint density at radius 3 is 2.37 bits per heavy atom. The van der Waals surface area contributed by atoms with Crippen LogP contribution in [0.1, 0.15) is 27.5 Å². The van der Waals surface area contributed by atoms with E-state index < -0.39 is 46.3 Å². The second-order valence-electron chi connectivity index (χ2n) is 10.0. The quantitative estimate of drug-likeness (QED) is 0.271. The second kappa shape index (κ2) is 11.0. The molecule has 1 fully saturated rings. The van der Waals surface area contributed by atoms with Crippen molar-refractivity contribution in [1.82, 2.24) is 4.98 Å². The number of hydrogen-bond donors (Lipinski definition) is 2. The van der Waals surface area contributed by atoms with E-state index in [4.69, 9.17) is 4.74 Å². The number of halogens is 3. The van der Waals surface area contributed by atoms with Crippen LogP contribution in [-0.4, -0.2) is 34.6 Å². The van der Waals surface area contributed by atoms with Gasteiger partial charge in [0.25, 0.3) is 5.91 Å². The van der Waals surface area contributed by atoms with Crippen molar-refractivity contribution in [3.63, 3.8) is 0 Å². The first kappa shape index (κ1) is 28.7. The third-order valence-electron chi connectivity index (χ3n) is 7.22. The number of aryl methyl sites for hydroxylation is 1. The van der Waals surface area contributed by atoms with Crippen molar-refractivity contribution >= 4 is 52.2 Å². The largest absolute Gasteiger partial charge is 0.484 e. The van der Waals surface area contributed by atoms with Gasteiger partial charge in [0, 0.05) is 16.5 Å². The number of ether oxygens (including phenoxy) is 1. The van der Waals surface area contributed by atoms with Gasteiger partial charge in [-0.25, -0.2) is 4.90 Å². The molecule has 220 valence electrons. The summed E-state index contributed by atoms with van der Waals surface area (Å²) in [6, 6.07) is 18.3. The molecule has 6 rings (SSSR count). The number of benzene rings is 3. The maximum atomic E-state index is 13.8. The van der Waals surface area contributed by atoms with Crippen LogP contribution in [0.4, 0.5) is 24.5 Å². The minimum absolute atomic E-state index is 0.262. The number of imide groups is 1. The van der Waals surface area contributed by atoms with Gasteiger partial charge in [-0.05, 0) is 48.9 Å². The van der Waals surface area contributed by atoms with Crippen molar-refractivity contribution in [2.24, 2.45) is 5.92 Å². The van der Waals surface area contributed by atoms with Gasteiger partial charge in [-0.3, -0.25) is 19.2 Å². The lowest BCUT2D eigenvalue weighted by atomic mass is 9.83. The standard InChI is InChI=1S/C30H22F3N3O5S2/c1-15-6-10-17(11-7-15)34-21(37)14-41-18-12-8-16(9-13-18)22-23-25(42-26-24(22)43-29(40)35-26)28(39)36(27(23)38)20-5-3-2-4-19(20)30(31,32)33/h2-13,22-23,25H,14H2,1H3,(H,34,37)(H,35,40)/t22-,23?,25?/m1/s1. The number of carbonyl (C=O) groups excluding carboxylic acids is 3. The fourth-order valence-corrected chi connectivity index (χ4v) is 7.79. The zero-order chi connectivity index (χ0) is 30.5. The number of thioether (sulfide) groups is 1. The Labute approximate surface area is 250 Å². The topological polar surface area (TPSA) is 109 Å². The zero-order valence-corrected chi connectivity index (χ0v) is 23.9. The van der Waals surface area contributed by atoms with Gasteiger partial charge < -0.3 is 15.0 Å². The molecular formula is C30H22F3N3O5S2. The Morgan fingerprint density at radius 1 is 0.977 bits per heavy atom. The molecule has 3 aromatic carbocycles. The predicted octanol–water partition coefficient (Wildman–Crippen LogP) is 5.58. The number of rotatable bonds is 6. The fourth-order valence-electron chi connectivity index (χ4n) is 5.28. The molecule has 0 bridgehead atoms. The molecule has 3 amide bonds. The minimum Gasteiger partial charge on any atom is -0.484 e. The summed E-state index contributed by atoms with van der Waals surface area (Å²) in [6.45, 7) is 1.67. The number of carbonyl (C=O) groups is 3. The van der Waals surface area contributed by atoms with Crippen LogP contribution < -0.4 is 19.8 Å². The number of hydrogen-bond acceptors (Lipinski definition) is 7. The van der Waals surface area contributed by atoms with Gasteiger partial charge in [-0.1, -0.05) is 65.1 Å². The van der Waals surface area contributed by atoms with Crippen LogP contribution in [0.25, 0.3) is 0 Å². The number of fused-ring (bicyclic) bond motifs is 2. The van der Waals surface area contributed by atoms with Crippen LogP contribution >= 0.6 is 23.1 Å². The van der Waals surface area contributed by atoms with Gasteiger partial charge >= 0.3 is 11.0 Å². The summed E-state index contributed by atoms with van der Waals surface area (Å²) < 4.78 is 47.1. The number of alkyl halides is 3. The lowest BCUT2D eigenvalue weighted by molar-refractivity contribution is -0.137. The summed E-state index contributed by atoms with van der Waals surface area (Å²) in [7, 11) is 0. The third kappa shape index (κ3) is 5.45. The SMILES string of the molecule is Cc1ccc(NC(=O)COc2ccc([C@H]3c4sc(=O)[nH]c4SC4C(=O)N(c5ccccc5C(F)(F)F)C(=O)C43)cc2)cc1. The normalized spacial score (nSPS) is 19.6. The summed E-state index contributed by atoms with van der Waals surface area (Å²) in [5.74, 6) is -3.38. The highest BCUT2D eigenvalue weighted by Crippen LogP contribution is 2.54. The van der Waals surface area contributed by atoms with Crippen LogP contribution in [0, 0.1) is 12.8 Å². The third-order valence-corrected chi connectivity index (χ3v) is 9.62. The Bertz CT molecular complexity index is 1780.